The molecular weight excluding hydrogens is 358 g/mol. The van der Waals surface area contributed by atoms with E-state index in [1.54, 1.807) is 29.9 Å². The van der Waals surface area contributed by atoms with Gasteiger partial charge < -0.3 is 10.1 Å². The molecule has 0 bridgehead atoms. The summed E-state index contributed by atoms with van der Waals surface area (Å²) in [6, 6.07) is 8.91. The van der Waals surface area contributed by atoms with Crippen molar-refractivity contribution in [2.75, 3.05) is 5.32 Å². The van der Waals surface area contributed by atoms with Crippen molar-refractivity contribution in [3.05, 3.63) is 53.2 Å². The molecule has 0 saturated carbocycles. The molecule has 28 heavy (non-hydrogen) atoms. The number of nitrogens with zero attached hydrogens (tertiary/aromatic N) is 1. The van der Waals surface area contributed by atoms with Gasteiger partial charge in [-0.2, -0.15) is 0 Å². The molecule has 0 saturated heterocycles. The Kier molecular flexibility index (Phi) is 5.65. The standard InChI is InChI=1S/C21H25N3O4/c1-21(2,3)20(26)23-18-12-17(8-9-22-18)28-16-7-6-13-10-15(19(25)24-27)5-4-14(13)11-16/h4-5,8-10,12,16,27H,6-7,11H2,1-3H3,(H,24,25)(H,22,23,26). The second kappa shape index (κ2) is 7.98. The number of pyridine rings is 1. The topological polar surface area (TPSA) is 101 Å². The third-order valence-corrected chi connectivity index (χ3v) is 4.71. The summed E-state index contributed by atoms with van der Waals surface area (Å²) in [6.45, 7) is 5.53. The largest absolute Gasteiger partial charge is 0.490 e. The zero-order chi connectivity index (χ0) is 20.3. The Hall–Kier alpha value is -2.93. The molecule has 7 heteroatoms. The zero-order valence-corrected chi connectivity index (χ0v) is 16.3. The molecule has 0 fully saturated rings. The van der Waals surface area contributed by atoms with Crippen LogP contribution < -0.4 is 15.5 Å². The summed E-state index contributed by atoms with van der Waals surface area (Å²) in [6.07, 6.45) is 3.93. The Morgan fingerprint density at radius 1 is 1.18 bits per heavy atom. The maximum atomic E-state index is 12.1. The number of carbonyl (C=O) groups excluding carboxylic acids is 2. The van der Waals surface area contributed by atoms with Gasteiger partial charge in [0.15, 0.2) is 0 Å². The third kappa shape index (κ3) is 4.67. The highest BCUT2D eigenvalue weighted by Crippen LogP contribution is 2.27. The number of aromatic nitrogens is 1. The van der Waals surface area contributed by atoms with Gasteiger partial charge in [0.05, 0.1) is 0 Å². The number of carbonyl (C=O) groups is 2. The smallest absolute Gasteiger partial charge is 0.274 e. The van der Waals surface area contributed by atoms with Crippen LogP contribution in [0.4, 0.5) is 5.82 Å². The van der Waals surface area contributed by atoms with E-state index < -0.39 is 11.3 Å². The Balaban J connectivity index is 1.66. The number of amides is 2. The minimum absolute atomic E-state index is 0.00131. The first-order valence-electron chi connectivity index (χ1n) is 9.26. The van der Waals surface area contributed by atoms with Gasteiger partial charge in [-0.05, 0) is 42.2 Å². The summed E-state index contributed by atoms with van der Waals surface area (Å²) in [5.74, 6) is 0.506. The van der Waals surface area contributed by atoms with Crippen molar-refractivity contribution in [2.24, 2.45) is 5.41 Å². The average molecular weight is 383 g/mol. The van der Waals surface area contributed by atoms with Gasteiger partial charge in [0.2, 0.25) is 5.91 Å². The number of benzene rings is 1. The van der Waals surface area contributed by atoms with E-state index in [1.807, 2.05) is 32.9 Å². The van der Waals surface area contributed by atoms with Gasteiger partial charge in [-0.3, -0.25) is 14.8 Å². The fraction of sp³-hybridized carbons (Fsp3) is 0.381. The highest BCUT2D eigenvalue weighted by Gasteiger charge is 2.23. The lowest BCUT2D eigenvalue weighted by molar-refractivity contribution is -0.123. The quantitative estimate of drug-likeness (QED) is 0.556. The number of fused-ring (bicyclic) bond motifs is 1. The van der Waals surface area contributed by atoms with Crippen LogP contribution in [0.3, 0.4) is 0 Å². The van der Waals surface area contributed by atoms with Gasteiger partial charge in [-0.15, -0.1) is 0 Å². The minimum atomic E-state index is -0.511. The van der Waals surface area contributed by atoms with Gasteiger partial charge >= 0.3 is 0 Å². The molecule has 1 aliphatic carbocycles. The molecule has 0 aliphatic heterocycles. The predicted octanol–water partition coefficient (Wildman–Crippen LogP) is 3.12. The van der Waals surface area contributed by atoms with E-state index in [4.69, 9.17) is 9.94 Å². The van der Waals surface area contributed by atoms with E-state index in [-0.39, 0.29) is 12.0 Å². The molecule has 2 aromatic rings. The molecular formula is C21H25N3O4. The van der Waals surface area contributed by atoms with E-state index in [9.17, 15) is 9.59 Å². The summed E-state index contributed by atoms with van der Waals surface area (Å²) in [4.78, 5) is 27.9. The van der Waals surface area contributed by atoms with E-state index in [0.29, 0.717) is 17.1 Å². The molecule has 148 valence electrons. The molecule has 3 rings (SSSR count). The summed E-state index contributed by atoms with van der Waals surface area (Å²) in [5, 5.41) is 11.6. The lowest BCUT2D eigenvalue weighted by Crippen LogP contribution is -2.28. The second-order valence-electron chi connectivity index (χ2n) is 7.99. The van der Waals surface area contributed by atoms with Crippen molar-refractivity contribution < 1.29 is 19.5 Å². The normalized spacial score (nSPS) is 16.1. The Morgan fingerprint density at radius 2 is 1.96 bits per heavy atom. The lowest BCUT2D eigenvalue weighted by Gasteiger charge is -2.26. The van der Waals surface area contributed by atoms with Crippen LogP contribution in [0, 0.1) is 5.41 Å². The third-order valence-electron chi connectivity index (χ3n) is 4.71. The highest BCUT2D eigenvalue weighted by molar-refractivity contribution is 5.94. The summed E-state index contributed by atoms with van der Waals surface area (Å²) >= 11 is 0. The van der Waals surface area contributed by atoms with Crippen molar-refractivity contribution in [1.82, 2.24) is 10.5 Å². The van der Waals surface area contributed by atoms with Crippen LogP contribution in [0.5, 0.6) is 5.75 Å². The monoisotopic (exact) mass is 383 g/mol. The average Bonchev–Trinajstić information content (AvgIpc) is 2.66. The van der Waals surface area contributed by atoms with Crippen molar-refractivity contribution >= 4 is 17.6 Å². The molecule has 1 unspecified atom stereocenters. The number of hydroxylamine groups is 1. The minimum Gasteiger partial charge on any atom is -0.490 e. The summed E-state index contributed by atoms with van der Waals surface area (Å²) < 4.78 is 6.11. The number of nitrogens with one attached hydrogen (secondary N) is 2. The van der Waals surface area contributed by atoms with Crippen LogP contribution in [-0.4, -0.2) is 28.1 Å². The molecule has 1 heterocycles. The van der Waals surface area contributed by atoms with Crippen LogP contribution in [0.2, 0.25) is 0 Å². The number of hydrogen-bond acceptors (Lipinski definition) is 5. The number of rotatable bonds is 4. The summed E-state index contributed by atoms with van der Waals surface area (Å²) in [7, 11) is 0. The Morgan fingerprint density at radius 3 is 2.68 bits per heavy atom. The van der Waals surface area contributed by atoms with Crippen molar-refractivity contribution in [3.8, 4) is 5.75 Å². The summed E-state index contributed by atoms with van der Waals surface area (Å²) in [5.41, 5.74) is 3.81. The van der Waals surface area contributed by atoms with Crippen LogP contribution >= 0.6 is 0 Å². The van der Waals surface area contributed by atoms with Crippen molar-refractivity contribution in [3.63, 3.8) is 0 Å². The van der Waals surface area contributed by atoms with Gasteiger partial charge in [0.25, 0.3) is 5.91 Å². The van der Waals surface area contributed by atoms with E-state index >= 15 is 0 Å². The highest BCUT2D eigenvalue weighted by atomic mass is 16.5. The first kappa shape index (κ1) is 19.8. The lowest BCUT2D eigenvalue weighted by atomic mass is 9.88. The van der Waals surface area contributed by atoms with E-state index in [2.05, 4.69) is 10.3 Å². The molecule has 7 nitrogen and oxygen atoms in total. The molecule has 1 atom stereocenters. The van der Waals surface area contributed by atoms with E-state index in [1.165, 1.54) is 0 Å². The molecule has 1 aromatic carbocycles. The molecule has 1 aromatic heterocycles. The Bertz CT molecular complexity index is 889. The van der Waals surface area contributed by atoms with Crippen molar-refractivity contribution in [1.29, 1.82) is 0 Å². The van der Waals surface area contributed by atoms with Crippen LogP contribution in [0.25, 0.3) is 0 Å². The molecule has 1 aliphatic rings. The van der Waals surface area contributed by atoms with Gasteiger partial charge in [-0.1, -0.05) is 26.8 Å². The SMILES string of the molecule is CC(C)(C)C(=O)Nc1cc(OC2CCc3cc(C(=O)NO)ccc3C2)ccn1. The number of ether oxygens (including phenoxy) is 1. The van der Waals surface area contributed by atoms with E-state index in [0.717, 1.165) is 30.4 Å². The van der Waals surface area contributed by atoms with Gasteiger partial charge in [0.1, 0.15) is 17.7 Å². The van der Waals surface area contributed by atoms with Crippen LogP contribution in [0.1, 0.15) is 48.7 Å². The van der Waals surface area contributed by atoms with Gasteiger partial charge in [0, 0.05) is 29.7 Å². The van der Waals surface area contributed by atoms with Crippen LogP contribution in [-0.2, 0) is 17.6 Å². The Labute approximate surface area is 164 Å². The molecule has 0 radical (unpaired) electrons. The number of anilines is 1. The first-order chi connectivity index (χ1) is 13.3. The number of hydrogen-bond donors (Lipinski definition) is 3. The fourth-order valence-electron chi connectivity index (χ4n) is 3.08. The second-order valence-corrected chi connectivity index (χ2v) is 7.99. The maximum absolute atomic E-state index is 12.1. The predicted molar refractivity (Wildman–Crippen MR) is 104 cm³/mol. The zero-order valence-electron chi connectivity index (χ0n) is 16.3. The number of aryl methyl sites for hydroxylation is 1. The molecule has 0 spiro atoms. The van der Waals surface area contributed by atoms with Gasteiger partial charge in [-0.25, -0.2) is 10.5 Å². The molecule has 3 N–H and O–H groups in total. The van der Waals surface area contributed by atoms with Crippen LogP contribution in [0.15, 0.2) is 36.5 Å². The first-order valence-corrected chi connectivity index (χ1v) is 9.26. The van der Waals surface area contributed by atoms with Crippen molar-refractivity contribution in [2.45, 2.75) is 46.1 Å². The fourth-order valence-corrected chi connectivity index (χ4v) is 3.08. The molecule has 2 amide bonds. The maximum Gasteiger partial charge on any atom is 0.274 e.